The van der Waals surface area contributed by atoms with Gasteiger partial charge in [0.15, 0.2) is 11.5 Å². The molecule has 2 N–H and O–H groups in total. The van der Waals surface area contributed by atoms with E-state index in [0.29, 0.717) is 22.2 Å². The summed E-state index contributed by atoms with van der Waals surface area (Å²) in [6.07, 6.45) is 0. The summed E-state index contributed by atoms with van der Waals surface area (Å²) in [6, 6.07) is 10.7. The number of H-pyrrole nitrogens is 1. The molecule has 3 rings (SSSR count). The van der Waals surface area contributed by atoms with Gasteiger partial charge in [-0.05, 0) is 43.7 Å². The molecule has 0 bridgehead atoms. The van der Waals surface area contributed by atoms with Crippen LogP contribution in [0, 0.1) is 13.8 Å². The number of aromatic amines is 1. The molecule has 0 atom stereocenters. The Morgan fingerprint density at radius 1 is 1.23 bits per heavy atom. The summed E-state index contributed by atoms with van der Waals surface area (Å²) in [4.78, 5) is 12.2. The van der Waals surface area contributed by atoms with Gasteiger partial charge in [0.1, 0.15) is 11.5 Å². The highest BCUT2D eigenvalue weighted by Crippen LogP contribution is 2.24. The Hall–Kier alpha value is -2.53. The molecule has 0 aliphatic rings. The van der Waals surface area contributed by atoms with E-state index in [-0.39, 0.29) is 11.6 Å². The highest BCUT2D eigenvalue weighted by atomic mass is 35.5. The Balaban J connectivity index is 1.79. The third-order valence-electron chi connectivity index (χ3n) is 3.19. The molecule has 0 saturated carbocycles. The van der Waals surface area contributed by atoms with Gasteiger partial charge in [-0.3, -0.25) is 9.89 Å². The predicted octanol–water partition coefficient (Wildman–Crippen LogP) is 4.19. The van der Waals surface area contributed by atoms with E-state index in [1.54, 1.807) is 18.2 Å². The van der Waals surface area contributed by atoms with E-state index in [4.69, 9.17) is 16.0 Å². The first kappa shape index (κ1) is 14.4. The second-order valence-electron chi connectivity index (χ2n) is 5.01. The van der Waals surface area contributed by atoms with Gasteiger partial charge in [0.05, 0.1) is 10.7 Å². The lowest BCUT2D eigenvalue weighted by Crippen LogP contribution is -2.12. The summed E-state index contributed by atoms with van der Waals surface area (Å²) < 4.78 is 5.49. The third kappa shape index (κ3) is 2.89. The summed E-state index contributed by atoms with van der Waals surface area (Å²) >= 11 is 6.11. The van der Waals surface area contributed by atoms with E-state index in [2.05, 4.69) is 15.5 Å². The monoisotopic (exact) mass is 315 g/mol. The minimum Gasteiger partial charge on any atom is -0.460 e. The number of nitrogens with one attached hydrogen (secondary N) is 2. The molecule has 0 radical (unpaired) electrons. The highest BCUT2D eigenvalue weighted by molar-refractivity contribution is 6.34. The summed E-state index contributed by atoms with van der Waals surface area (Å²) in [5.41, 5.74) is 2.49. The zero-order valence-corrected chi connectivity index (χ0v) is 12.9. The van der Waals surface area contributed by atoms with E-state index in [0.717, 1.165) is 11.3 Å². The van der Waals surface area contributed by atoms with Crippen molar-refractivity contribution in [2.24, 2.45) is 0 Å². The largest absolute Gasteiger partial charge is 0.460 e. The van der Waals surface area contributed by atoms with Crippen molar-refractivity contribution in [3.8, 4) is 11.5 Å². The first-order valence-electron chi connectivity index (χ1n) is 6.72. The molecule has 0 aliphatic carbocycles. The van der Waals surface area contributed by atoms with Crippen molar-refractivity contribution in [3.63, 3.8) is 0 Å². The number of hydrogen-bond donors (Lipinski definition) is 2. The normalized spacial score (nSPS) is 10.7. The van der Waals surface area contributed by atoms with Crippen LogP contribution in [0.5, 0.6) is 0 Å². The molecule has 2 heterocycles. The molecule has 5 nitrogen and oxygen atoms in total. The minimum absolute atomic E-state index is 0.265. The maximum atomic E-state index is 12.2. The third-order valence-corrected chi connectivity index (χ3v) is 3.50. The molecule has 1 amide bonds. The van der Waals surface area contributed by atoms with Crippen LogP contribution in [0.1, 0.15) is 21.8 Å². The molecule has 0 unspecified atom stereocenters. The fourth-order valence-electron chi connectivity index (χ4n) is 2.05. The number of nitrogens with zero attached hydrogens (tertiary/aromatic N) is 1. The quantitative estimate of drug-likeness (QED) is 0.761. The fourth-order valence-corrected chi connectivity index (χ4v) is 2.33. The average Bonchev–Trinajstić information content (AvgIpc) is 3.10. The van der Waals surface area contributed by atoms with Crippen LogP contribution in [0.25, 0.3) is 11.5 Å². The molecule has 0 aliphatic heterocycles. The molecule has 112 valence electrons. The van der Waals surface area contributed by atoms with Crippen LogP contribution < -0.4 is 5.32 Å². The smallest absolute Gasteiger partial charge is 0.276 e. The summed E-state index contributed by atoms with van der Waals surface area (Å²) in [5.74, 6) is 1.09. The molecule has 2 aromatic heterocycles. The number of aromatic nitrogens is 2. The molecule has 0 spiro atoms. The van der Waals surface area contributed by atoms with Crippen molar-refractivity contribution in [1.29, 1.82) is 0 Å². The van der Waals surface area contributed by atoms with Gasteiger partial charge in [0, 0.05) is 6.07 Å². The molecule has 1 aromatic carbocycles. The van der Waals surface area contributed by atoms with Gasteiger partial charge in [-0.25, -0.2) is 0 Å². The lowest BCUT2D eigenvalue weighted by molar-refractivity contribution is 0.102. The number of amides is 1. The van der Waals surface area contributed by atoms with Gasteiger partial charge in [-0.2, -0.15) is 5.10 Å². The maximum absolute atomic E-state index is 12.2. The second kappa shape index (κ2) is 5.69. The van der Waals surface area contributed by atoms with Crippen LogP contribution >= 0.6 is 11.6 Å². The topological polar surface area (TPSA) is 70.9 Å². The van der Waals surface area contributed by atoms with Crippen molar-refractivity contribution < 1.29 is 9.21 Å². The maximum Gasteiger partial charge on any atom is 0.276 e. The summed E-state index contributed by atoms with van der Waals surface area (Å²) in [7, 11) is 0. The number of rotatable bonds is 3. The van der Waals surface area contributed by atoms with Crippen LogP contribution in [-0.2, 0) is 0 Å². The molecule has 3 aromatic rings. The molecular weight excluding hydrogens is 302 g/mol. The van der Waals surface area contributed by atoms with Crippen LogP contribution in [0.3, 0.4) is 0 Å². The number of benzene rings is 1. The van der Waals surface area contributed by atoms with E-state index in [1.807, 2.05) is 32.0 Å². The van der Waals surface area contributed by atoms with E-state index >= 15 is 0 Å². The number of carbonyl (C=O) groups is 1. The molecule has 0 fully saturated rings. The Labute approximate surface area is 132 Å². The van der Waals surface area contributed by atoms with E-state index in [9.17, 15) is 4.79 Å². The van der Waals surface area contributed by atoms with E-state index < -0.39 is 0 Å². The van der Waals surface area contributed by atoms with Crippen molar-refractivity contribution in [1.82, 2.24) is 10.2 Å². The van der Waals surface area contributed by atoms with Crippen LogP contribution in [0.4, 0.5) is 5.69 Å². The van der Waals surface area contributed by atoms with Gasteiger partial charge in [0.2, 0.25) is 0 Å². The predicted molar refractivity (Wildman–Crippen MR) is 85.2 cm³/mol. The SMILES string of the molecule is Cc1ccc(NC(=O)c2cc(-c3ccc(C)o3)[nH]n2)c(Cl)c1. The molecule has 6 heteroatoms. The molecule has 0 saturated heterocycles. The lowest BCUT2D eigenvalue weighted by Gasteiger charge is -2.06. The zero-order chi connectivity index (χ0) is 15.7. The standard InChI is InChI=1S/C16H14ClN3O2/c1-9-3-5-12(11(17)7-9)18-16(21)14-8-13(19-20-14)15-6-4-10(2)22-15/h3-8H,1-2H3,(H,18,21)(H,19,20). The number of aryl methyl sites for hydroxylation is 2. The minimum atomic E-state index is -0.337. The summed E-state index contributed by atoms with van der Waals surface area (Å²) in [6.45, 7) is 3.79. The molecule has 22 heavy (non-hydrogen) atoms. The van der Waals surface area contributed by atoms with Gasteiger partial charge in [-0.1, -0.05) is 17.7 Å². The fraction of sp³-hybridized carbons (Fsp3) is 0.125. The Kier molecular flexibility index (Phi) is 3.73. The highest BCUT2D eigenvalue weighted by Gasteiger charge is 2.14. The first-order valence-corrected chi connectivity index (χ1v) is 7.10. The number of halogens is 1. The van der Waals surface area contributed by atoms with Crippen LogP contribution in [-0.4, -0.2) is 16.1 Å². The summed E-state index contributed by atoms with van der Waals surface area (Å²) in [5, 5.41) is 10.0. The Bertz CT molecular complexity index is 836. The lowest BCUT2D eigenvalue weighted by atomic mass is 10.2. The van der Waals surface area contributed by atoms with Crippen LogP contribution in [0.2, 0.25) is 5.02 Å². The first-order chi connectivity index (χ1) is 10.5. The zero-order valence-electron chi connectivity index (χ0n) is 12.1. The van der Waals surface area contributed by atoms with Crippen molar-refractivity contribution >= 4 is 23.2 Å². The van der Waals surface area contributed by atoms with Crippen LogP contribution in [0.15, 0.2) is 40.8 Å². The number of carbonyl (C=O) groups excluding carboxylic acids is 1. The van der Waals surface area contributed by atoms with Crippen molar-refractivity contribution in [2.45, 2.75) is 13.8 Å². The number of anilines is 1. The van der Waals surface area contributed by atoms with Crippen molar-refractivity contribution in [2.75, 3.05) is 5.32 Å². The van der Waals surface area contributed by atoms with E-state index in [1.165, 1.54) is 0 Å². The van der Waals surface area contributed by atoms with Gasteiger partial charge < -0.3 is 9.73 Å². The molecular formula is C16H14ClN3O2. The van der Waals surface area contributed by atoms with Gasteiger partial charge in [-0.15, -0.1) is 0 Å². The second-order valence-corrected chi connectivity index (χ2v) is 5.42. The van der Waals surface area contributed by atoms with Crippen molar-refractivity contribution in [3.05, 3.63) is 58.4 Å². The van der Waals surface area contributed by atoms with Gasteiger partial charge in [0.25, 0.3) is 5.91 Å². The average molecular weight is 316 g/mol. The number of furan rings is 1. The number of hydrogen-bond acceptors (Lipinski definition) is 3. The Morgan fingerprint density at radius 2 is 2.05 bits per heavy atom. The Morgan fingerprint density at radius 3 is 2.73 bits per heavy atom. The van der Waals surface area contributed by atoms with Gasteiger partial charge >= 0.3 is 0 Å².